The van der Waals surface area contributed by atoms with E-state index in [1.165, 1.54) is 0 Å². The minimum absolute atomic E-state index is 0.188. The zero-order chi connectivity index (χ0) is 18.7. The van der Waals surface area contributed by atoms with E-state index in [-0.39, 0.29) is 4.90 Å². The fourth-order valence-corrected chi connectivity index (χ4v) is 5.86. The van der Waals surface area contributed by atoms with Crippen molar-refractivity contribution >= 4 is 15.7 Å². The maximum atomic E-state index is 13.4. The lowest BCUT2D eigenvalue weighted by atomic mass is 9.81. The Morgan fingerprint density at radius 2 is 1.85 bits per heavy atom. The fraction of sp³-hybridized carbons (Fsp3) is 0.350. The molecule has 1 fully saturated rings. The third-order valence-electron chi connectivity index (χ3n) is 5.42. The predicted molar refractivity (Wildman–Crippen MR) is 97.9 cm³/mol. The van der Waals surface area contributed by atoms with Gasteiger partial charge in [0.1, 0.15) is 5.75 Å². The summed E-state index contributed by atoms with van der Waals surface area (Å²) < 4.78 is 32.7. The first kappa shape index (κ1) is 17.1. The van der Waals surface area contributed by atoms with E-state index in [1.54, 1.807) is 25.1 Å². The van der Waals surface area contributed by atoms with Crippen molar-refractivity contribution in [1.29, 1.82) is 0 Å². The highest BCUT2D eigenvalue weighted by Crippen LogP contribution is 2.47. The Morgan fingerprint density at radius 3 is 2.58 bits per heavy atom. The number of carbonyl (C=O) groups is 1. The van der Waals surface area contributed by atoms with Crippen LogP contribution in [0.3, 0.4) is 0 Å². The quantitative estimate of drug-likeness (QED) is 0.881. The summed E-state index contributed by atoms with van der Waals surface area (Å²) in [5.74, 6) is -0.312. The van der Waals surface area contributed by atoms with Gasteiger partial charge in [0, 0.05) is 12.3 Å². The van der Waals surface area contributed by atoms with Gasteiger partial charge in [0.2, 0.25) is 5.91 Å². The number of hydrogen-bond donors (Lipinski definition) is 1. The molecule has 1 N–H and O–H groups in total. The molecule has 0 spiro atoms. The van der Waals surface area contributed by atoms with Crippen molar-refractivity contribution in [2.45, 2.75) is 49.0 Å². The Morgan fingerprint density at radius 1 is 1.12 bits per heavy atom. The molecule has 26 heavy (non-hydrogen) atoms. The van der Waals surface area contributed by atoms with Gasteiger partial charge in [-0.2, -0.15) is 0 Å². The van der Waals surface area contributed by atoms with Crippen LogP contribution in [0.4, 0.5) is 0 Å². The highest BCUT2D eigenvalue weighted by atomic mass is 32.2. The number of para-hydroxylation sites is 1. The van der Waals surface area contributed by atoms with Gasteiger partial charge < -0.3 is 10.1 Å². The minimum atomic E-state index is -3.84. The molecule has 2 aromatic rings. The number of nitrogens with one attached hydrogen (secondary N) is 1. The Kier molecular flexibility index (Phi) is 3.67. The van der Waals surface area contributed by atoms with E-state index in [1.807, 2.05) is 38.1 Å². The second-order valence-electron chi connectivity index (χ2n) is 7.38. The van der Waals surface area contributed by atoms with Crippen molar-refractivity contribution < 1.29 is 17.9 Å². The number of hydrogen-bond acceptors (Lipinski definition) is 4. The Labute approximate surface area is 153 Å². The number of ether oxygens (including phenoxy) is 1. The van der Waals surface area contributed by atoms with E-state index in [2.05, 4.69) is 5.32 Å². The molecule has 2 aliphatic rings. The highest BCUT2D eigenvalue weighted by Gasteiger charge is 2.54. The van der Waals surface area contributed by atoms with E-state index in [4.69, 9.17) is 4.74 Å². The molecule has 2 aromatic carbocycles. The van der Waals surface area contributed by atoms with Crippen molar-refractivity contribution in [1.82, 2.24) is 5.32 Å². The maximum absolute atomic E-state index is 13.4. The number of sulfone groups is 1. The molecule has 0 unspecified atom stereocenters. The lowest BCUT2D eigenvalue weighted by molar-refractivity contribution is -0.132. The topological polar surface area (TPSA) is 72.5 Å². The largest absolute Gasteiger partial charge is 0.468 e. The third-order valence-corrected chi connectivity index (χ3v) is 7.54. The van der Waals surface area contributed by atoms with Gasteiger partial charge in [-0.15, -0.1) is 0 Å². The van der Waals surface area contributed by atoms with Gasteiger partial charge in [-0.3, -0.25) is 4.79 Å². The second kappa shape index (κ2) is 5.58. The molecule has 0 radical (unpaired) electrons. The van der Waals surface area contributed by atoms with Crippen molar-refractivity contribution in [3.63, 3.8) is 0 Å². The average Bonchev–Trinajstić information content (AvgIpc) is 2.56. The van der Waals surface area contributed by atoms with E-state index in [0.29, 0.717) is 12.2 Å². The SMILES string of the molecule is Cc1ccc(S(=O)(=O)[C@@H]2C(=O)N[C@@]3(C)C[C@H]2c2ccccc2O3)cc1C. The fourth-order valence-electron chi connectivity index (χ4n) is 3.95. The van der Waals surface area contributed by atoms with Gasteiger partial charge in [-0.1, -0.05) is 24.3 Å². The summed E-state index contributed by atoms with van der Waals surface area (Å²) in [6.07, 6.45) is 0.421. The first-order chi connectivity index (χ1) is 12.2. The molecular weight excluding hydrogens is 350 g/mol. The summed E-state index contributed by atoms with van der Waals surface area (Å²) >= 11 is 0. The molecule has 1 amide bonds. The smallest absolute Gasteiger partial charge is 0.242 e. The number of rotatable bonds is 2. The molecule has 1 saturated heterocycles. The summed E-state index contributed by atoms with van der Waals surface area (Å²) in [4.78, 5) is 13.0. The number of fused-ring (bicyclic) bond motifs is 4. The monoisotopic (exact) mass is 371 g/mol. The summed E-state index contributed by atoms with van der Waals surface area (Å²) in [6.45, 7) is 5.59. The molecule has 136 valence electrons. The molecule has 2 aliphatic heterocycles. The number of benzene rings is 2. The second-order valence-corrected chi connectivity index (χ2v) is 9.45. The lowest BCUT2D eigenvalue weighted by Gasteiger charge is -2.46. The van der Waals surface area contributed by atoms with Gasteiger partial charge in [0.05, 0.1) is 4.90 Å². The summed E-state index contributed by atoms with van der Waals surface area (Å²) in [5.41, 5.74) is 1.79. The zero-order valence-electron chi connectivity index (χ0n) is 14.9. The number of aryl methyl sites for hydroxylation is 2. The summed E-state index contributed by atoms with van der Waals surface area (Å²) in [5, 5.41) is 1.61. The van der Waals surface area contributed by atoms with Gasteiger partial charge >= 0.3 is 0 Å². The van der Waals surface area contributed by atoms with Crippen LogP contribution in [0.15, 0.2) is 47.4 Å². The van der Waals surface area contributed by atoms with E-state index in [0.717, 1.165) is 16.7 Å². The van der Waals surface area contributed by atoms with Crippen LogP contribution in [0, 0.1) is 13.8 Å². The molecule has 3 atom stereocenters. The molecule has 2 bridgehead atoms. The predicted octanol–water partition coefficient (Wildman–Crippen LogP) is 2.86. The minimum Gasteiger partial charge on any atom is -0.468 e. The highest BCUT2D eigenvalue weighted by molar-refractivity contribution is 7.92. The zero-order valence-corrected chi connectivity index (χ0v) is 15.8. The molecular formula is C20H21NO4S. The number of amides is 1. The van der Waals surface area contributed by atoms with E-state index >= 15 is 0 Å². The van der Waals surface area contributed by atoms with Gasteiger partial charge in [0.15, 0.2) is 20.8 Å². The van der Waals surface area contributed by atoms with E-state index < -0.39 is 32.6 Å². The van der Waals surface area contributed by atoms with Gasteiger partial charge in [0.25, 0.3) is 0 Å². The van der Waals surface area contributed by atoms with Crippen LogP contribution >= 0.6 is 0 Å². The van der Waals surface area contributed by atoms with Crippen LogP contribution in [0.25, 0.3) is 0 Å². The molecule has 6 heteroatoms. The summed E-state index contributed by atoms with van der Waals surface area (Å²) in [7, 11) is -3.84. The van der Waals surface area contributed by atoms with Crippen molar-refractivity contribution in [2.24, 2.45) is 0 Å². The number of carbonyl (C=O) groups excluding carboxylic acids is 1. The van der Waals surface area contributed by atoms with Crippen molar-refractivity contribution in [3.05, 3.63) is 59.2 Å². The van der Waals surface area contributed by atoms with Gasteiger partial charge in [-0.05, 0) is 55.7 Å². The van der Waals surface area contributed by atoms with Crippen LogP contribution in [0.5, 0.6) is 5.75 Å². The van der Waals surface area contributed by atoms with E-state index in [9.17, 15) is 13.2 Å². The van der Waals surface area contributed by atoms with Crippen LogP contribution in [-0.2, 0) is 14.6 Å². The maximum Gasteiger partial charge on any atom is 0.242 e. The molecule has 0 aliphatic carbocycles. The Bertz CT molecular complexity index is 1010. The molecule has 2 heterocycles. The molecule has 5 nitrogen and oxygen atoms in total. The van der Waals surface area contributed by atoms with Crippen LogP contribution < -0.4 is 10.1 Å². The average molecular weight is 371 g/mol. The molecule has 0 aromatic heterocycles. The number of piperidine rings is 1. The molecule has 0 saturated carbocycles. The van der Waals surface area contributed by atoms with Crippen molar-refractivity contribution in [2.75, 3.05) is 0 Å². The van der Waals surface area contributed by atoms with Crippen LogP contribution in [0.1, 0.15) is 36.0 Å². The Balaban J connectivity index is 1.86. The first-order valence-corrected chi connectivity index (χ1v) is 10.2. The lowest BCUT2D eigenvalue weighted by Crippen LogP contribution is -2.63. The first-order valence-electron chi connectivity index (χ1n) is 8.62. The van der Waals surface area contributed by atoms with Gasteiger partial charge in [-0.25, -0.2) is 8.42 Å². The van der Waals surface area contributed by atoms with Crippen LogP contribution in [-0.4, -0.2) is 25.3 Å². The molecule has 4 rings (SSSR count). The third kappa shape index (κ3) is 2.51. The van der Waals surface area contributed by atoms with Crippen LogP contribution in [0.2, 0.25) is 0 Å². The normalized spacial score (nSPS) is 27.3. The standard InChI is InChI=1S/C20H21NO4S/c1-12-8-9-14(10-13(12)2)26(23,24)18-16-11-20(3,21-19(18)22)25-17-7-5-4-6-15(16)17/h4-10,16,18H,11H2,1-3H3,(H,21,22)/t16-,18-,20+/m0/s1. The van der Waals surface area contributed by atoms with Crippen molar-refractivity contribution in [3.8, 4) is 5.75 Å². The Hall–Kier alpha value is -2.34. The summed E-state index contributed by atoms with van der Waals surface area (Å²) in [6, 6.07) is 12.4.